The average Bonchev–Trinajstić information content (AvgIpc) is 2.35. The van der Waals surface area contributed by atoms with Crippen LogP contribution in [0, 0.1) is 0 Å². The molecule has 0 amide bonds. The fourth-order valence-corrected chi connectivity index (χ4v) is 3.23. The fourth-order valence-electron chi connectivity index (χ4n) is 1.52. The minimum Gasteiger partial charge on any atom is -0.506 e. The maximum absolute atomic E-state index is 9.64. The summed E-state index contributed by atoms with van der Waals surface area (Å²) >= 11 is 10.1. The predicted octanol–water partition coefficient (Wildman–Crippen LogP) is 5.29. The van der Waals surface area contributed by atoms with Gasteiger partial charge in [-0.05, 0) is 77.6 Å². The zero-order valence-electron chi connectivity index (χ0n) is 9.25. The van der Waals surface area contributed by atoms with E-state index in [1.54, 1.807) is 0 Å². The monoisotopic (exact) mass is 433 g/mol. The van der Waals surface area contributed by atoms with E-state index >= 15 is 0 Å². The normalized spacial score (nSPS) is 10.4. The van der Waals surface area contributed by atoms with Crippen molar-refractivity contribution in [2.24, 2.45) is 0 Å². The highest BCUT2D eigenvalue weighted by Crippen LogP contribution is 2.33. The van der Waals surface area contributed by atoms with E-state index in [2.05, 4.69) is 53.1 Å². The third-order valence-electron chi connectivity index (χ3n) is 2.43. The van der Waals surface area contributed by atoms with E-state index in [1.165, 1.54) is 0 Å². The Hall–Kier alpha value is -0.520. The Morgan fingerprint density at radius 2 is 1.56 bits per heavy atom. The molecule has 18 heavy (non-hydrogen) atoms. The molecule has 0 aromatic heterocycles. The lowest BCUT2D eigenvalue weighted by Gasteiger charge is -2.10. The van der Waals surface area contributed by atoms with Gasteiger partial charge in [-0.2, -0.15) is 0 Å². The minimum absolute atomic E-state index is 0.222. The Balaban J connectivity index is 2.14. The highest BCUT2D eigenvalue weighted by Gasteiger charge is 2.06. The number of nitrogens with one attached hydrogen (secondary N) is 1. The first-order valence-electron chi connectivity index (χ1n) is 5.23. The van der Waals surface area contributed by atoms with Crippen LogP contribution in [0.1, 0.15) is 5.56 Å². The lowest BCUT2D eigenvalue weighted by Crippen LogP contribution is -2.00. The quantitative estimate of drug-likeness (QED) is 0.686. The van der Waals surface area contributed by atoms with Crippen molar-refractivity contribution in [3.8, 4) is 5.75 Å². The Bertz CT molecular complexity index is 549. The van der Waals surface area contributed by atoms with Gasteiger partial charge >= 0.3 is 0 Å². The maximum atomic E-state index is 9.64. The third-order valence-corrected chi connectivity index (χ3v) is 4.33. The summed E-state index contributed by atoms with van der Waals surface area (Å²) < 4.78 is 2.39. The molecule has 0 heterocycles. The predicted molar refractivity (Wildman–Crippen MR) is 85.0 cm³/mol. The maximum Gasteiger partial charge on any atom is 0.143 e. The SMILES string of the molecule is Oc1c(Br)cc(CNc2ccccc2Br)cc1Br. The molecule has 0 spiro atoms. The number of aromatic hydroxyl groups is 1. The van der Waals surface area contributed by atoms with Gasteiger partial charge in [0, 0.05) is 16.7 Å². The molecule has 5 heteroatoms. The number of phenolic OH excluding ortho intramolecular Hbond substituents is 1. The van der Waals surface area contributed by atoms with E-state index in [1.807, 2.05) is 36.4 Å². The van der Waals surface area contributed by atoms with Crippen LogP contribution in [-0.4, -0.2) is 5.11 Å². The second-order valence-corrected chi connectivity index (χ2v) is 6.30. The first-order chi connectivity index (χ1) is 8.58. The molecule has 0 aliphatic rings. The molecule has 0 bridgehead atoms. The Labute approximate surface area is 131 Å². The number of anilines is 1. The van der Waals surface area contributed by atoms with Gasteiger partial charge in [0.2, 0.25) is 0 Å². The van der Waals surface area contributed by atoms with Crippen molar-refractivity contribution in [1.29, 1.82) is 0 Å². The minimum atomic E-state index is 0.222. The van der Waals surface area contributed by atoms with Crippen molar-refractivity contribution in [3.63, 3.8) is 0 Å². The smallest absolute Gasteiger partial charge is 0.143 e. The van der Waals surface area contributed by atoms with E-state index in [0.29, 0.717) is 15.5 Å². The number of phenols is 1. The van der Waals surface area contributed by atoms with E-state index in [4.69, 9.17) is 0 Å². The summed E-state index contributed by atoms with van der Waals surface area (Å²) in [5.41, 5.74) is 2.11. The van der Waals surface area contributed by atoms with Crippen molar-refractivity contribution in [1.82, 2.24) is 0 Å². The molecule has 0 saturated carbocycles. The molecule has 2 N–H and O–H groups in total. The van der Waals surface area contributed by atoms with Crippen molar-refractivity contribution < 1.29 is 5.11 Å². The highest BCUT2D eigenvalue weighted by molar-refractivity contribution is 9.11. The van der Waals surface area contributed by atoms with Gasteiger partial charge in [0.05, 0.1) is 8.95 Å². The number of hydrogen-bond acceptors (Lipinski definition) is 2. The molecule has 0 saturated heterocycles. The molecular formula is C13H10Br3NO. The molecule has 2 rings (SSSR count). The van der Waals surface area contributed by atoms with E-state index in [9.17, 15) is 5.11 Å². The van der Waals surface area contributed by atoms with Gasteiger partial charge in [0.15, 0.2) is 0 Å². The lowest BCUT2D eigenvalue weighted by molar-refractivity contribution is 0.468. The molecule has 2 aromatic rings. The molecule has 0 aliphatic carbocycles. The highest BCUT2D eigenvalue weighted by atomic mass is 79.9. The van der Waals surface area contributed by atoms with Crippen LogP contribution in [0.4, 0.5) is 5.69 Å². The molecule has 0 atom stereocenters. The van der Waals surface area contributed by atoms with Crippen molar-refractivity contribution in [2.75, 3.05) is 5.32 Å². The van der Waals surface area contributed by atoms with E-state index in [0.717, 1.165) is 15.7 Å². The standard InChI is InChI=1S/C13H10Br3NO/c14-9-3-1-2-4-12(9)17-7-8-5-10(15)13(18)11(16)6-8/h1-6,17-18H,7H2. The number of benzene rings is 2. The van der Waals surface area contributed by atoms with Crippen LogP contribution >= 0.6 is 47.8 Å². The van der Waals surface area contributed by atoms with Crippen LogP contribution in [0.2, 0.25) is 0 Å². The summed E-state index contributed by atoms with van der Waals surface area (Å²) in [7, 11) is 0. The number of hydrogen-bond donors (Lipinski definition) is 2. The van der Waals surface area contributed by atoms with Crippen LogP contribution in [0.15, 0.2) is 49.8 Å². The van der Waals surface area contributed by atoms with Crippen molar-refractivity contribution >= 4 is 53.5 Å². The zero-order chi connectivity index (χ0) is 13.1. The number of para-hydroxylation sites is 1. The first kappa shape index (κ1) is 13.9. The van der Waals surface area contributed by atoms with Gasteiger partial charge in [-0.25, -0.2) is 0 Å². The summed E-state index contributed by atoms with van der Waals surface area (Å²) in [6, 6.07) is 11.7. The topological polar surface area (TPSA) is 32.3 Å². The largest absolute Gasteiger partial charge is 0.506 e. The van der Waals surface area contributed by atoms with Crippen LogP contribution in [0.3, 0.4) is 0 Å². The Morgan fingerprint density at radius 1 is 0.944 bits per heavy atom. The van der Waals surface area contributed by atoms with Gasteiger partial charge in [-0.15, -0.1) is 0 Å². The summed E-state index contributed by atoms with van der Waals surface area (Å²) in [5.74, 6) is 0.222. The molecule has 0 unspecified atom stereocenters. The third kappa shape index (κ3) is 3.28. The van der Waals surface area contributed by atoms with Crippen molar-refractivity contribution in [2.45, 2.75) is 6.54 Å². The Morgan fingerprint density at radius 3 is 2.17 bits per heavy atom. The zero-order valence-corrected chi connectivity index (χ0v) is 14.0. The van der Waals surface area contributed by atoms with Gasteiger partial charge in [0.1, 0.15) is 5.75 Å². The molecule has 2 aromatic carbocycles. The van der Waals surface area contributed by atoms with Crippen LogP contribution < -0.4 is 5.32 Å². The van der Waals surface area contributed by atoms with Crippen LogP contribution in [-0.2, 0) is 6.54 Å². The Kier molecular flexibility index (Phi) is 4.70. The van der Waals surface area contributed by atoms with Gasteiger partial charge < -0.3 is 10.4 Å². The molecule has 0 radical (unpaired) electrons. The molecule has 2 nitrogen and oxygen atoms in total. The summed E-state index contributed by atoms with van der Waals surface area (Å²) in [6.45, 7) is 0.681. The second kappa shape index (κ2) is 6.08. The second-order valence-electron chi connectivity index (χ2n) is 3.74. The lowest BCUT2D eigenvalue weighted by atomic mass is 10.2. The molecule has 0 fully saturated rings. The molecule has 94 valence electrons. The van der Waals surface area contributed by atoms with Gasteiger partial charge in [-0.3, -0.25) is 0 Å². The summed E-state index contributed by atoms with van der Waals surface area (Å²) in [4.78, 5) is 0. The van der Waals surface area contributed by atoms with E-state index < -0.39 is 0 Å². The number of rotatable bonds is 3. The fraction of sp³-hybridized carbons (Fsp3) is 0.0769. The molecular weight excluding hydrogens is 426 g/mol. The summed E-state index contributed by atoms with van der Waals surface area (Å²) in [6.07, 6.45) is 0. The van der Waals surface area contributed by atoms with Crippen molar-refractivity contribution in [3.05, 3.63) is 55.4 Å². The summed E-state index contributed by atoms with van der Waals surface area (Å²) in [5, 5.41) is 13.0. The first-order valence-corrected chi connectivity index (χ1v) is 7.61. The van der Waals surface area contributed by atoms with Gasteiger partial charge in [0.25, 0.3) is 0 Å². The van der Waals surface area contributed by atoms with Crippen LogP contribution in [0.5, 0.6) is 5.75 Å². The van der Waals surface area contributed by atoms with Crippen LogP contribution in [0.25, 0.3) is 0 Å². The van der Waals surface area contributed by atoms with E-state index in [-0.39, 0.29) is 5.75 Å². The van der Waals surface area contributed by atoms with Gasteiger partial charge in [-0.1, -0.05) is 12.1 Å². The number of halogens is 3. The molecule has 0 aliphatic heterocycles. The average molecular weight is 436 g/mol.